The number of fused-ring (bicyclic) bond motifs is 11. The minimum atomic E-state index is -0.899. The van der Waals surface area contributed by atoms with Crippen molar-refractivity contribution in [1.82, 2.24) is 53.6 Å². The molecule has 6 aromatic rings. The van der Waals surface area contributed by atoms with Crippen molar-refractivity contribution in [3.05, 3.63) is 56.7 Å². The first-order valence-electron chi connectivity index (χ1n) is 41.2. The molecule has 10 aliphatic rings. The normalized spacial score (nSPS) is 36.7. The topological polar surface area (TPSA) is 468 Å². The number of H-pyrrole nitrogens is 2. The van der Waals surface area contributed by atoms with Crippen LogP contribution in [0.4, 0.5) is 11.8 Å². The van der Waals surface area contributed by atoms with Crippen molar-refractivity contribution in [2.24, 2.45) is 29.6 Å². The molecular weight excluding hydrogens is 1590 g/mol. The number of halogens is 1. The van der Waals surface area contributed by atoms with Crippen LogP contribution in [-0.2, 0) is 99.6 Å². The molecule has 16 heterocycles. The zero-order chi connectivity index (χ0) is 88.1. The Morgan fingerprint density at radius 2 is 0.950 bits per heavy atom. The molecule has 6 aromatic heterocycles. The molecule has 0 amide bonds. The lowest BCUT2D eigenvalue weighted by Crippen LogP contribution is -2.50. The van der Waals surface area contributed by atoms with Crippen molar-refractivity contribution in [3.8, 4) is 0 Å². The SMILES string of the molecule is CC(O)[C@@]12CO[C@@H]([C@H](n3cnc4c(=O)[nH]c(N)cc43)O1)[C@@H]2C.CC[C@@H]1O[C@@]2(C(C)OC)CO[C@@H]1[C@@H]2C.CC[C@@H]1O[C@@]2(C(C)OC)CO[C@@H]1[C@@H]2O.CC[C@]1(C(C)OC)OC(OC(C)=O)[C@H](OC(C)=O)[C@@H]1C.CC[C@]1(C(C)OC)O[C@@H](n2cnc3c(Cl)nc(N)nc32)[C@H](OC(C)=O)[C@@H]1C.COC(C)[C@@]12CO[C@@H]([C@H](n3cnc4c(=O)[nH]c(C)nc43)O1)[C@@H]2C. The first kappa shape index (κ1) is 93.6. The first-order chi connectivity index (χ1) is 56.7. The van der Waals surface area contributed by atoms with E-state index < -0.39 is 89.1 Å². The number of aromatic nitrogens is 11. The number of aryl methyl sites for hydroxylation is 1. The monoisotopic (exact) mass is 1710 g/mol. The van der Waals surface area contributed by atoms with E-state index in [1.54, 1.807) is 88.1 Å². The zero-order valence-corrected chi connectivity index (χ0v) is 73.9. The number of nitrogens with one attached hydrogen (secondary N) is 2. The molecule has 7 unspecified atom stereocenters. The first-order valence-corrected chi connectivity index (χ1v) is 41.6. The predicted octanol–water partition coefficient (Wildman–Crippen LogP) is 6.69. The predicted molar refractivity (Wildman–Crippen MR) is 433 cm³/mol. The van der Waals surface area contributed by atoms with E-state index in [2.05, 4.69) is 67.6 Å². The number of nitrogen functional groups attached to an aromatic ring is 2. The van der Waals surface area contributed by atoms with E-state index in [9.17, 15) is 34.2 Å². The van der Waals surface area contributed by atoms with Crippen LogP contribution in [0.15, 0.2) is 34.6 Å². The third-order valence-corrected chi connectivity index (χ3v) is 27.4. The van der Waals surface area contributed by atoms with Crippen molar-refractivity contribution in [2.45, 2.75) is 307 Å². The van der Waals surface area contributed by atoms with Crippen LogP contribution in [0.1, 0.15) is 175 Å². The van der Waals surface area contributed by atoms with Gasteiger partial charge in [-0.15, -0.1) is 0 Å². The second kappa shape index (κ2) is 37.0. The van der Waals surface area contributed by atoms with Gasteiger partial charge >= 0.3 is 17.9 Å². The molecule has 10 saturated heterocycles. The molecule has 30 atom stereocenters. The van der Waals surface area contributed by atoms with E-state index in [1.165, 1.54) is 20.8 Å². The molecule has 0 saturated carbocycles. The van der Waals surface area contributed by atoms with E-state index >= 15 is 0 Å². The summed E-state index contributed by atoms with van der Waals surface area (Å²) in [6.45, 7) is 37.6. The Morgan fingerprint density at radius 1 is 0.525 bits per heavy atom. The fourth-order valence-corrected chi connectivity index (χ4v) is 19.6. The fraction of sp³-hybridized carbons (Fsp3) is 0.765. The zero-order valence-electron chi connectivity index (χ0n) is 73.2. The maximum atomic E-state index is 12.0. The van der Waals surface area contributed by atoms with Gasteiger partial charge in [-0.2, -0.15) is 9.97 Å². The van der Waals surface area contributed by atoms with Gasteiger partial charge in [0, 0.05) is 92.0 Å². The summed E-state index contributed by atoms with van der Waals surface area (Å²) >= 11 is 6.13. The number of ether oxygens (including phenoxy) is 18. The molecule has 8 N–H and O–H groups in total. The Bertz CT molecular complexity index is 4640. The Labute approximate surface area is 702 Å². The van der Waals surface area contributed by atoms with Crippen molar-refractivity contribution in [1.29, 1.82) is 0 Å². The van der Waals surface area contributed by atoms with Crippen LogP contribution < -0.4 is 22.6 Å². The summed E-state index contributed by atoms with van der Waals surface area (Å²) in [7, 11) is 8.27. The lowest BCUT2D eigenvalue weighted by atomic mass is 9.81. The highest BCUT2D eigenvalue weighted by molar-refractivity contribution is 6.33. The lowest BCUT2D eigenvalue weighted by molar-refractivity contribution is -0.218. The van der Waals surface area contributed by atoms with Gasteiger partial charge < -0.3 is 121 Å². The summed E-state index contributed by atoms with van der Waals surface area (Å²) in [4.78, 5) is 88.5. The minimum Gasteiger partial charge on any atom is -0.457 e. The average Bonchev–Trinajstić information content (AvgIpc) is 1.56. The standard InChI is InChI=1S/C17H24ClN5O4.C15H20N4O4.C14H18N4O4.C14H24O6.C11H20O3.C10H18O4/c1-6-17(9(3)25-5)8(2)12(26-10(4)24)15(27-17)23-7-20-11-13(18)21-16(19)22-14(11)23;1-7-11-14(23-15(7,5-22-11)8(2)21-4)19-6-16-10-12(19)17-9(3)18-13(10)20;1-6-11-13(22-14(6,4-21-11)7(2)19)18-5-16-10-8(18)3-9(15)17-12(10)20;1-7-14(9(3)17-6)8(2)12(18-10(4)15)13(20-14)19-11(5)16;1-5-9-10-7(2)11(14-9,6-13-10)8(3)12-4;1-4-7-8-9(11)10(14-7,5-13-8)6(2)12-3/h7-9,12,15H,6H2,1-5H3,(H2,19,21,22);6-8,11,14H,5H2,1-4H3,(H,17,18,20);3,5-7,11,13,19H,4H2,1-2H3,(H3,15,17,20);8-9,12-13H,7H2,1-6H3;7-10H,5-6H2,1-4H3;6-9,11H,4-5H2,1-3H3/t8-,9?,12+,15+,17-;7-,8?,11+,14+,15-;6-,7?,11+,13+,14-;8-,9?,12+,13?,14-;7-,8?,9-,10+,11-;6?,7-,8-,9-,10+/m000000/s1. The van der Waals surface area contributed by atoms with Crippen molar-refractivity contribution in [3.63, 3.8) is 0 Å². The molecule has 10 fully saturated rings. The third kappa shape index (κ3) is 16.4. The molecule has 39 heteroatoms. The van der Waals surface area contributed by atoms with Gasteiger partial charge in [-0.25, -0.2) is 19.9 Å². The summed E-state index contributed by atoms with van der Waals surface area (Å²) in [6, 6.07) is 1.65. The van der Waals surface area contributed by atoms with Crippen LogP contribution >= 0.6 is 11.6 Å². The largest absolute Gasteiger partial charge is 0.457 e. The number of methoxy groups -OCH3 is 5. The van der Waals surface area contributed by atoms with Crippen molar-refractivity contribution >= 4 is 74.6 Å². The number of rotatable bonds is 21. The number of imidazole rings is 3. The Morgan fingerprint density at radius 3 is 1.48 bits per heavy atom. The Balaban J connectivity index is 0.000000143. The number of nitrogens with zero attached hydrogens (tertiary/aromatic N) is 9. The third-order valence-electron chi connectivity index (χ3n) is 27.2. The Kier molecular flexibility index (Phi) is 28.9. The molecule has 120 heavy (non-hydrogen) atoms. The van der Waals surface area contributed by atoms with E-state index in [-0.39, 0.29) is 131 Å². The molecule has 16 rings (SSSR count). The van der Waals surface area contributed by atoms with Crippen molar-refractivity contribution in [2.75, 3.05) is 73.4 Å². The molecule has 0 radical (unpaired) electrons. The molecule has 8 bridgehead atoms. The second-order valence-corrected chi connectivity index (χ2v) is 33.4. The number of aliphatic hydroxyl groups excluding tert-OH is 2. The van der Waals surface area contributed by atoms with Gasteiger partial charge in [-0.1, -0.05) is 73.9 Å². The number of hydrogen-bond donors (Lipinski definition) is 6. The van der Waals surface area contributed by atoms with E-state index in [0.717, 1.165) is 12.8 Å². The molecule has 0 spiro atoms. The smallest absolute Gasteiger partial charge is 0.305 e. The number of nitrogens with two attached hydrogens (primary N) is 2. The molecule has 38 nitrogen and oxygen atoms in total. The Hall–Kier alpha value is -7.06. The maximum absolute atomic E-state index is 12.0. The number of hydrogen-bond acceptors (Lipinski definition) is 33. The molecule has 0 aliphatic carbocycles. The molecular formula is C81H124ClN13O25. The second-order valence-electron chi connectivity index (χ2n) is 33.0. The summed E-state index contributed by atoms with van der Waals surface area (Å²) in [6.07, 6.45) is 2.62. The summed E-state index contributed by atoms with van der Waals surface area (Å²) in [5.41, 5.74) is 10.1. The number of aliphatic hydroxyl groups is 2. The summed E-state index contributed by atoms with van der Waals surface area (Å²) in [5, 5.41) is 20.3. The highest BCUT2D eigenvalue weighted by Gasteiger charge is 2.67. The van der Waals surface area contributed by atoms with Crippen molar-refractivity contribution < 1.29 is 110 Å². The van der Waals surface area contributed by atoms with Gasteiger partial charge in [0.1, 0.15) is 75.2 Å². The van der Waals surface area contributed by atoms with Crippen LogP contribution in [0.2, 0.25) is 5.15 Å². The van der Waals surface area contributed by atoms with Crippen LogP contribution in [0.3, 0.4) is 0 Å². The summed E-state index contributed by atoms with van der Waals surface area (Å²) in [5.74, 6) is -0.113. The molecule has 0 aromatic carbocycles. The van der Waals surface area contributed by atoms with Gasteiger partial charge in [0.15, 0.2) is 58.4 Å². The number of anilines is 2. The minimum absolute atomic E-state index is 0.0105. The maximum Gasteiger partial charge on any atom is 0.305 e. The van der Waals surface area contributed by atoms with Gasteiger partial charge in [0.2, 0.25) is 12.2 Å². The van der Waals surface area contributed by atoms with Crippen LogP contribution in [0.5, 0.6) is 0 Å². The van der Waals surface area contributed by atoms with E-state index in [0.29, 0.717) is 84.4 Å². The number of aromatic amines is 2. The number of pyridine rings is 1. The highest BCUT2D eigenvalue weighted by atomic mass is 35.5. The van der Waals surface area contributed by atoms with Crippen LogP contribution in [0, 0.1) is 36.5 Å². The molecule has 670 valence electrons. The van der Waals surface area contributed by atoms with Gasteiger partial charge in [-0.05, 0) is 74.1 Å². The number of esters is 3. The average molecular weight is 1720 g/mol. The lowest BCUT2D eigenvalue weighted by Gasteiger charge is -2.36. The quantitative estimate of drug-likeness (QED) is 0.0248. The highest BCUT2D eigenvalue weighted by Crippen LogP contribution is 2.55. The summed E-state index contributed by atoms with van der Waals surface area (Å²) < 4.78 is 109. The van der Waals surface area contributed by atoms with E-state index in [1.807, 2.05) is 69.2 Å². The van der Waals surface area contributed by atoms with E-state index in [4.69, 9.17) is 108 Å². The van der Waals surface area contributed by atoms with Gasteiger partial charge in [0.05, 0.1) is 106 Å². The molecule has 10 aliphatic heterocycles. The van der Waals surface area contributed by atoms with Gasteiger partial charge in [-0.3, -0.25) is 33.1 Å². The fourth-order valence-electron chi connectivity index (χ4n) is 19.4. The van der Waals surface area contributed by atoms with Crippen LogP contribution in [-0.4, -0.2) is 275 Å². The number of carbonyl (C=O) groups excluding carboxylic acids is 3. The van der Waals surface area contributed by atoms with Gasteiger partial charge in [0.25, 0.3) is 11.1 Å². The number of carbonyl (C=O) groups is 3. The van der Waals surface area contributed by atoms with Crippen LogP contribution in [0.25, 0.3) is 33.4 Å².